The van der Waals surface area contributed by atoms with E-state index in [4.69, 9.17) is 29.0 Å². The van der Waals surface area contributed by atoms with Crippen LogP contribution in [-0.4, -0.2) is 51.1 Å². The molecule has 0 aromatic heterocycles. The fourth-order valence-corrected chi connectivity index (χ4v) is 2.50. The van der Waals surface area contributed by atoms with Gasteiger partial charge in [-0.05, 0) is 18.1 Å². The van der Waals surface area contributed by atoms with Crippen molar-refractivity contribution in [2.75, 3.05) is 13.6 Å². The minimum Gasteiger partial charge on any atom is -0.438 e. The van der Waals surface area contributed by atoms with Crippen LogP contribution in [-0.2, 0) is 48.7 Å². The zero-order valence-electron chi connectivity index (χ0n) is 19.6. The van der Waals surface area contributed by atoms with E-state index in [1.807, 2.05) is 0 Å². The second-order valence-electron chi connectivity index (χ2n) is 7.30. The molecular weight excluding hydrogens is 514 g/mol. The third kappa shape index (κ3) is 17.7. The van der Waals surface area contributed by atoms with Gasteiger partial charge in [0, 0.05) is 6.42 Å². The fourth-order valence-electron chi connectivity index (χ4n) is 1.88. The SMILES string of the molecule is CC(C)C(=O)OCOC(=O)CCc1ccccc1OP(=O)(O)O.CC(C)C(=O)OCOP(=O)(O)O. The molecule has 0 atom stereocenters. The van der Waals surface area contributed by atoms with Gasteiger partial charge in [0.05, 0.1) is 11.8 Å². The molecule has 4 N–H and O–H groups in total. The molecule has 0 radical (unpaired) electrons. The lowest BCUT2D eigenvalue weighted by Gasteiger charge is -2.11. The molecule has 0 aliphatic rings. The average molecular weight is 544 g/mol. The van der Waals surface area contributed by atoms with Crippen LogP contribution < -0.4 is 4.52 Å². The maximum Gasteiger partial charge on any atom is 0.524 e. The van der Waals surface area contributed by atoms with E-state index in [-0.39, 0.29) is 30.4 Å². The molecule has 0 spiro atoms. The maximum absolute atomic E-state index is 11.6. The Morgan fingerprint density at radius 3 is 1.80 bits per heavy atom. The van der Waals surface area contributed by atoms with Crippen molar-refractivity contribution in [1.29, 1.82) is 0 Å². The van der Waals surface area contributed by atoms with Gasteiger partial charge in [-0.15, -0.1) is 0 Å². The van der Waals surface area contributed by atoms with E-state index >= 15 is 0 Å². The molecule has 1 aromatic carbocycles. The van der Waals surface area contributed by atoms with Crippen molar-refractivity contribution in [1.82, 2.24) is 0 Å². The van der Waals surface area contributed by atoms with E-state index in [2.05, 4.69) is 13.8 Å². The number of rotatable bonds is 12. The molecular formula is C19H30O14P2. The molecule has 14 nitrogen and oxygen atoms in total. The van der Waals surface area contributed by atoms with Gasteiger partial charge < -0.3 is 28.5 Å². The monoisotopic (exact) mass is 544 g/mol. The lowest BCUT2D eigenvalue weighted by atomic mass is 10.1. The summed E-state index contributed by atoms with van der Waals surface area (Å²) in [6.07, 6.45) is 0.105. The average Bonchev–Trinajstić information content (AvgIpc) is 2.71. The Labute approximate surface area is 202 Å². The molecule has 35 heavy (non-hydrogen) atoms. The van der Waals surface area contributed by atoms with Crippen molar-refractivity contribution in [3.05, 3.63) is 29.8 Å². The predicted molar refractivity (Wildman–Crippen MR) is 118 cm³/mol. The zero-order valence-corrected chi connectivity index (χ0v) is 21.3. The van der Waals surface area contributed by atoms with Gasteiger partial charge in [-0.1, -0.05) is 45.9 Å². The normalized spacial score (nSPS) is 11.4. The Morgan fingerprint density at radius 1 is 0.800 bits per heavy atom. The van der Waals surface area contributed by atoms with E-state index < -0.39 is 47.1 Å². The van der Waals surface area contributed by atoms with Gasteiger partial charge in [-0.25, -0.2) is 13.7 Å². The van der Waals surface area contributed by atoms with Gasteiger partial charge in [-0.2, -0.15) is 0 Å². The quantitative estimate of drug-likeness (QED) is 0.168. The lowest BCUT2D eigenvalue weighted by molar-refractivity contribution is -0.169. The highest BCUT2D eigenvalue weighted by atomic mass is 31.2. The van der Waals surface area contributed by atoms with Crippen LogP contribution in [0.5, 0.6) is 5.75 Å². The van der Waals surface area contributed by atoms with Gasteiger partial charge in [0.15, 0.2) is 0 Å². The molecule has 1 aromatic rings. The molecule has 0 saturated carbocycles. The van der Waals surface area contributed by atoms with Crippen molar-refractivity contribution in [2.45, 2.75) is 40.5 Å². The number of esters is 3. The largest absolute Gasteiger partial charge is 0.524 e. The van der Waals surface area contributed by atoms with Crippen LogP contribution in [0.4, 0.5) is 0 Å². The van der Waals surface area contributed by atoms with E-state index in [1.54, 1.807) is 45.9 Å². The van der Waals surface area contributed by atoms with Crippen LogP contribution in [0.2, 0.25) is 0 Å². The molecule has 0 aliphatic carbocycles. The summed E-state index contributed by atoms with van der Waals surface area (Å²) in [6.45, 7) is 5.32. The molecule has 0 bridgehead atoms. The number of phosphoric acid groups is 2. The van der Waals surface area contributed by atoms with Gasteiger partial charge in [0.25, 0.3) is 0 Å². The van der Waals surface area contributed by atoms with Gasteiger partial charge in [0.1, 0.15) is 5.75 Å². The fraction of sp³-hybridized carbons (Fsp3) is 0.526. The summed E-state index contributed by atoms with van der Waals surface area (Å²) in [4.78, 5) is 67.4. The highest BCUT2D eigenvalue weighted by molar-refractivity contribution is 7.46. The Morgan fingerprint density at radius 2 is 1.31 bits per heavy atom. The molecule has 0 amide bonds. The summed E-state index contributed by atoms with van der Waals surface area (Å²) in [5.41, 5.74) is 0.451. The second kappa shape index (κ2) is 15.6. The Balaban J connectivity index is 0.000000814. The molecule has 0 fully saturated rings. The molecule has 0 heterocycles. The number of hydrogen-bond acceptors (Lipinski definition) is 10. The number of phosphoric ester groups is 2. The minimum atomic E-state index is -4.67. The lowest BCUT2D eigenvalue weighted by Crippen LogP contribution is -2.16. The maximum atomic E-state index is 11.6. The molecule has 0 saturated heterocycles. The van der Waals surface area contributed by atoms with Crippen LogP contribution in [0.25, 0.3) is 0 Å². The van der Waals surface area contributed by atoms with E-state index in [0.29, 0.717) is 5.56 Å². The van der Waals surface area contributed by atoms with Crippen LogP contribution in [0.3, 0.4) is 0 Å². The molecule has 0 aliphatic heterocycles. The highest BCUT2D eigenvalue weighted by Crippen LogP contribution is 2.39. The topological polar surface area (TPSA) is 212 Å². The molecule has 200 valence electrons. The van der Waals surface area contributed by atoms with Crippen molar-refractivity contribution < 1.29 is 66.3 Å². The third-order valence-electron chi connectivity index (χ3n) is 3.57. The standard InChI is InChI=1S/C14H19O8P.C5H11O6P/c1-10(2)14(16)21-9-20-13(15)8-7-11-5-3-4-6-12(11)22-23(17,18)19;1-4(2)5(6)10-3-11-12(7,8)9/h3-6,10H,7-9H2,1-2H3,(H2,17,18,19);4H,3H2,1-2H3,(H2,7,8,9). The number of benzene rings is 1. The van der Waals surface area contributed by atoms with Crippen LogP contribution in [0, 0.1) is 11.8 Å². The molecule has 1 rings (SSSR count). The van der Waals surface area contributed by atoms with Gasteiger partial charge in [0.2, 0.25) is 13.6 Å². The summed E-state index contributed by atoms with van der Waals surface area (Å²) >= 11 is 0. The Hall–Kier alpha value is -2.31. The smallest absolute Gasteiger partial charge is 0.438 e. The summed E-state index contributed by atoms with van der Waals surface area (Å²) in [5, 5.41) is 0. The predicted octanol–water partition coefficient (Wildman–Crippen LogP) is 2.04. The highest BCUT2D eigenvalue weighted by Gasteiger charge is 2.19. The molecule has 0 unspecified atom stereocenters. The zero-order chi connectivity index (χ0) is 27.2. The number of carbonyl (C=O) groups is 3. The number of aryl methyl sites for hydroxylation is 1. The van der Waals surface area contributed by atoms with Crippen LogP contribution in [0.1, 0.15) is 39.7 Å². The van der Waals surface area contributed by atoms with Gasteiger partial charge >= 0.3 is 33.6 Å². The van der Waals surface area contributed by atoms with E-state index in [9.17, 15) is 23.5 Å². The van der Waals surface area contributed by atoms with Gasteiger partial charge in [-0.3, -0.25) is 24.2 Å². The van der Waals surface area contributed by atoms with Crippen molar-refractivity contribution >= 4 is 33.6 Å². The first kappa shape index (κ1) is 32.7. The van der Waals surface area contributed by atoms with Crippen LogP contribution >= 0.6 is 15.6 Å². The summed E-state index contributed by atoms with van der Waals surface area (Å²) in [6, 6.07) is 6.18. The third-order valence-corrected chi connectivity index (χ3v) is 4.45. The number of hydrogen-bond donors (Lipinski definition) is 4. The first-order valence-electron chi connectivity index (χ1n) is 10.0. The van der Waals surface area contributed by atoms with Crippen LogP contribution in [0.15, 0.2) is 24.3 Å². The van der Waals surface area contributed by atoms with Crippen molar-refractivity contribution in [3.63, 3.8) is 0 Å². The Kier molecular flexibility index (Phi) is 14.6. The first-order valence-corrected chi connectivity index (χ1v) is 13.1. The summed E-state index contributed by atoms with van der Waals surface area (Å²) in [5.74, 6) is -2.30. The van der Waals surface area contributed by atoms with E-state index in [1.165, 1.54) is 6.07 Å². The summed E-state index contributed by atoms with van der Waals surface area (Å²) in [7, 11) is -9.20. The molecule has 16 heteroatoms. The number of carbonyl (C=O) groups excluding carboxylic acids is 3. The minimum absolute atomic E-state index is 0.000121. The van der Waals surface area contributed by atoms with E-state index in [0.717, 1.165) is 0 Å². The second-order valence-corrected chi connectivity index (χ2v) is 9.70. The first-order chi connectivity index (χ1) is 16.0. The number of para-hydroxylation sites is 1. The van der Waals surface area contributed by atoms with Crippen molar-refractivity contribution in [3.8, 4) is 5.75 Å². The summed E-state index contributed by atoms with van der Waals surface area (Å²) < 4.78 is 43.2. The van der Waals surface area contributed by atoms with Crippen molar-refractivity contribution in [2.24, 2.45) is 11.8 Å². The number of ether oxygens (including phenoxy) is 3. The Bertz CT molecular complexity index is 918.